The van der Waals surface area contributed by atoms with Crippen LogP contribution >= 0.6 is 11.3 Å². The molecule has 4 nitrogen and oxygen atoms in total. The summed E-state index contributed by atoms with van der Waals surface area (Å²) >= 11 is 1.43. The number of aryl methyl sites for hydroxylation is 1. The Kier molecular flexibility index (Phi) is 5.63. The van der Waals surface area contributed by atoms with E-state index in [0.717, 1.165) is 44.5 Å². The molecule has 5 heteroatoms. The number of benzene rings is 3. The van der Waals surface area contributed by atoms with Crippen LogP contribution in [0.2, 0.25) is 0 Å². The van der Waals surface area contributed by atoms with Crippen molar-refractivity contribution in [3.05, 3.63) is 107 Å². The molecule has 0 spiro atoms. The van der Waals surface area contributed by atoms with Crippen LogP contribution in [0.5, 0.6) is 5.75 Å². The van der Waals surface area contributed by atoms with Crippen molar-refractivity contribution >= 4 is 28.2 Å². The summed E-state index contributed by atoms with van der Waals surface area (Å²) in [6.07, 6.45) is 3.46. The lowest BCUT2D eigenvalue weighted by Gasteiger charge is -2.07. The van der Waals surface area contributed by atoms with E-state index < -0.39 is 0 Å². The number of carbonyl (C=O) groups is 1. The Hall–Kier alpha value is -3.96. The van der Waals surface area contributed by atoms with Gasteiger partial charge in [0.15, 0.2) is 10.7 Å². The van der Waals surface area contributed by atoms with Gasteiger partial charge in [0.2, 0.25) is 0 Å². The molecule has 33 heavy (non-hydrogen) atoms. The number of thiazole rings is 1. The summed E-state index contributed by atoms with van der Waals surface area (Å²) in [5.74, 6) is 0.760. The number of allylic oxidation sites excluding steroid dienone is 1. The summed E-state index contributed by atoms with van der Waals surface area (Å²) < 4.78 is 7.30. The van der Waals surface area contributed by atoms with E-state index in [9.17, 15) is 4.79 Å². The summed E-state index contributed by atoms with van der Waals surface area (Å²) in [5.41, 5.74) is 5.89. The number of nitrogens with zero attached hydrogens (tertiary/aromatic N) is 2. The lowest BCUT2D eigenvalue weighted by Crippen LogP contribution is -1.97. The average molecular weight is 451 g/mol. The molecule has 0 radical (unpaired) electrons. The van der Waals surface area contributed by atoms with E-state index in [0.29, 0.717) is 4.88 Å². The zero-order valence-electron chi connectivity index (χ0n) is 18.4. The van der Waals surface area contributed by atoms with Crippen molar-refractivity contribution in [1.29, 1.82) is 0 Å². The molecule has 0 saturated carbocycles. The molecule has 0 atom stereocenters. The van der Waals surface area contributed by atoms with E-state index in [1.165, 1.54) is 11.3 Å². The second-order valence-corrected chi connectivity index (χ2v) is 8.62. The van der Waals surface area contributed by atoms with E-state index in [2.05, 4.69) is 28.7 Å². The van der Waals surface area contributed by atoms with Crippen LogP contribution in [0.4, 0.5) is 0 Å². The van der Waals surface area contributed by atoms with Gasteiger partial charge in [-0.15, -0.1) is 0 Å². The first-order valence-corrected chi connectivity index (χ1v) is 11.5. The first kappa shape index (κ1) is 20.9. The predicted molar refractivity (Wildman–Crippen MR) is 135 cm³/mol. The van der Waals surface area contributed by atoms with E-state index >= 15 is 0 Å². The van der Waals surface area contributed by atoms with E-state index in [1.807, 2.05) is 73.7 Å². The summed E-state index contributed by atoms with van der Waals surface area (Å²) in [4.78, 5) is 19.5. The number of ketones is 1. The minimum atomic E-state index is -0.0286. The highest BCUT2D eigenvalue weighted by Crippen LogP contribution is 2.37. The van der Waals surface area contributed by atoms with Gasteiger partial charge in [-0.2, -0.15) is 0 Å². The second kappa shape index (κ2) is 8.88. The normalized spacial score (nSPS) is 11.3. The fourth-order valence-electron chi connectivity index (χ4n) is 3.90. The van der Waals surface area contributed by atoms with Gasteiger partial charge in [0.05, 0.1) is 23.4 Å². The van der Waals surface area contributed by atoms with Crippen molar-refractivity contribution in [2.45, 2.75) is 6.92 Å². The number of hydrogen-bond donors (Lipinski definition) is 0. The monoisotopic (exact) mass is 450 g/mol. The molecule has 0 N–H and O–H groups in total. The molecule has 0 aliphatic rings. The number of aromatic nitrogens is 2. The summed E-state index contributed by atoms with van der Waals surface area (Å²) in [6, 6.07) is 28.0. The molecular weight excluding hydrogens is 428 g/mol. The van der Waals surface area contributed by atoms with E-state index in [1.54, 1.807) is 13.2 Å². The molecule has 162 valence electrons. The Morgan fingerprint density at radius 2 is 1.55 bits per heavy atom. The summed E-state index contributed by atoms with van der Waals surface area (Å²) in [7, 11) is 1.64. The zero-order valence-corrected chi connectivity index (χ0v) is 19.2. The first-order valence-electron chi connectivity index (χ1n) is 10.6. The summed E-state index contributed by atoms with van der Waals surface area (Å²) in [5, 5.41) is 0. The Bertz CT molecular complexity index is 1450. The lowest BCUT2D eigenvalue weighted by atomic mass is 10.0. The number of imidazole rings is 1. The van der Waals surface area contributed by atoms with Crippen molar-refractivity contribution in [1.82, 2.24) is 9.38 Å². The van der Waals surface area contributed by atoms with E-state index in [-0.39, 0.29) is 5.78 Å². The van der Waals surface area contributed by atoms with Gasteiger partial charge in [-0.1, -0.05) is 90.2 Å². The number of fused-ring (bicyclic) bond motifs is 1. The fourth-order valence-corrected chi connectivity index (χ4v) is 4.94. The molecule has 3 aromatic carbocycles. The molecule has 0 fully saturated rings. The highest BCUT2D eigenvalue weighted by atomic mass is 32.1. The van der Waals surface area contributed by atoms with Crippen LogP contribution < -0.4 is 4.74 Å². The third-order valence-electron chi connectivity index (χ3n) is 5.57. The number of hydrogen-bond acceptors (Lipinski definition) is 4. The maximum absolute atomic E-state index is 13.1. The minimum absolute atomic E-state index is 0.0286. The molecule has 0 aliphatic carbocycles. The topological polar surface area (TPSA) is 43.6 Å². The largest absolute Gasteiger partial charge is 0.497 e. The molecule has 5 aromatic rings. The Labute approximate surface area is 196 Å². The lowest BCUT2D eigenvalue weighted by molar-refractivity contribution is 0.105. The fraction of sp³-hybridized carbons (Fsp3) is 0.0714. The number of methoxy groups -OCH3 is 1. The van der Waals surface area contributed by atoms with Crippen molar-refractivity contribution in [2.24, 2.45) is 0 Å². The highest BCUT2D eigenvalue weighted by molar-refractivity contribution is 7.19. The highest BCUT2D eigenvalue weighted by Gasteiger charge is 2.22. The van der Waals surface area contributed by atoms with Gasteiger partial charge in [0, 0.05) is 16.8 Å². The van der Waals surface area contributed by atoms with Crippen LogP contribution in [-0.4, -0.2) is 22.3 Å². The Balaban J connectivity index is 1.58. The van der Waals surface area contributed by atoms with Gasteiger partial charge in [-0.05, 0) is 30.7 Å². The Morgan fingerprint density at radius 3 is 2.18 bits per heavy atom. The standard InChI is InChI=1S/C28H22N2O2S/c1-19-27(24(31)18-15-20-13-16-23(32-2)17-14-20)33-28-29-25(21-9-5-3-6-10-21)26(30(19)28)22-11-7-4-8-12-22/h3-18H,1-2H3/b18-15+. The molecule has 0 saturated heterocycles. The van der Waals surface area contributed by atoms with Gasteiger partial charge in [-0.25, -0.2) is 4.98 Å². The molecule has 5 rings (SSSR count). The molecule has 2 aromatic heterocycles. The van der Waals surface area contributed by atoms with Gasteiger partial charge < -0.3 is 4.74 Å². The predicted octanol–water partition coefficient (Wildman–Crippen LogP) is 6.94. The van der Waals surface area contributed by atoms with Crippen LogP contribution in [0, 0.1) is 6.92 Å². The maximum atomic E-state index is 13.1. The smallest absolute Gasteiger partial charge is 0.197 e. The van der Waals surface area contributed by atoms with Gasteiger partial charge >= 0.3 is 0 Å². The quantitative estimate of drug-likeness (QED) is 0.208. The van der Waals surface area contributed by atoms with Crippen molar-refractivity contribution < 1.29 is 9.53 Å². The summed E-state index contributed by atoms with van der Waals surface area (Å²) in [6.45, 7) is 1.99. The number of rotatable bonds is 6. The number of carbonyl (C=O) groups excluding carboxylic acids is 1. The average Bonchev–Trinajstić information content (AvgIpc) is 3.40. The van der Waals surface area contributed by atoms with Crippen molar-refractivity contribution in [2.75, 3.05) is 7.11 Å². The van der Waals surface area contributed by atoms with Gasteiger partial charge in [0.25, 0.3) is 0 Å². The van der Waals surface area contributed by atoms with Crippen molar-refractivity contribution in [3.8, 4) is 28.3 Å². The van der Waals surface area contributed by atoms with Crippen molar-refractivity contribution in [3.63, 3.8) is 0 Å². The molecule has 0 unspecified atom stereocenters. The molecule has 0 aliphatic heterocycles. The Morgan fingerprint density at radius 1 is 0.909 bits per heavy atom. The molecule has 2 heterocycles. The minimum Gasteiger partial charge on any atom is -0.497 e. The second-order valence-electron chi connectivity index (χ2n) is 7.65. The van der Waals surface area contributed by atoms with Crippen LogP contribution in [0.15, 0.2) is 91.0 Å². The van der Waals surface area contributed by atoms with Crippen LogP contribution in [0.1, 0.15) is 20.9 Å². The van der Waals surface area contributed by atoms with Crippen LogP contribution in [0.3, 0.4) is 0 Å². The SMILES string of the molecule is COc1ccc(/C=C/C(=O)c2sc3nc(-c4ccccc4)c(-c4ccccc4)n3c2C)cc1. The third kappa shape index (κ3) is 3.99. The van der Waals surface area contributed by atoms with Crippen LogP contribution in [-0.2, 0) is 0 Å². The molecular formula is C28H22N2O2S. The van der Waals surface area contributed by atoms with Gasteiger partial charge in [-0.3, -0.25) is 9.20 Å². The molecule has 0 bridgehead atoms. The third-order valence-corrected chi connectivity index (χ3v) is 6.72. The first-order chi connectivity index (χ1) is 16.2. The zero-order chi connectivity index (χ0) is 22.8. The van der Waals surface area contributed by atoms with Crippen LogP contribution in [0.25, 0.3) is 33.6 Å². The maximum Gasteiger partial charge on any atom is 0.197 e. The van der Waals surface area contributed by atoms with Gasteiger partial charge in [0.1, 0.15) is 5.75 Å². The molecule has 0 amide bonds. The number of ether oxygens (including phenoxy) is 1. The van der Waals surface area contributed by atoms with E-state index in [4.69, 9.17) is 9.72 Å².